The van der Waals surface area contributed by atoms with Gasteiger partial charge in [-0.05, 0) is 57.9 Å². The Morgan fingerprint density at radius 1 is 1.03 bits per heavy atom. The molecule has 2 aromatic rings. The molecule has 2 amide bonds. The van der Waals surface area contributed by atoms with E-state index in [0.717, 1.165) is 30.8 Å². The van der Waals surface area contributed by atoms with Crippen molar-refractivity contribution in [1.29, 1.82) is 0 Å². The minimum absolute atomic E-state index is 0.112. The number of benzene rings is 1. The normalized spacial score (nSPS) is 15.5. The van der Waals surface area contributed by atoms with Crippen LogP contribution in [0.2, 0.25) is 0 Å². The average molecular weight is 397 g/mol. The Morgan fingerprint density at radius 2 is 1.69 bits per heavy atom. The molecule has 1 aromatic carbocycles. The Morgan fingerprint density at radius 3 is 2.24 bits per heavy atom. The number of hydrogen-bond donors (Lipinski definition) is 1. The second-order valence-electron chi connectivity index (χ2n) is 9.75. The maximum absolute atomic E-state index is 12.9. The molecule has 29 heavy (non-hydrogen) atoms. The molecule has 1 fully saturated rings. The summed E-state index contributed by atoms with van der Waals surface area (Å²) in [6.07, 6.45) is 2.56. The van der Waals surface area contributed by atoms with Gasteiger partial charge in [0, 0.05) is 35.7 Å². The summed E-state index contributed by atoms with van der Waals surface area (Å²) in [5.74, 6) is 0.646. The second kappa shape index (κ2) is 7.65. The number of hydrogen-bond acceptors (Lipinski definition) is 3. The van der Waals surface area contributed by atoms with Gasteiger partial charge in [0.2, 0.25) is 5.91 Å². The zero-order chi connectivity index (χ0) is 21.4. The van der Waals surface area contributed by atoms with Crippen molar-refractivity contribution in [3.05, 3.63) is 41.6 Å². The molecule has 0 atom stereocenters. The monoisotopic (exact) mass is 396 g/mol. The number of rotatable bonds is 3. The first kappa shape index (κ1) is 21.1. The molecule has 0 radical (unpaired) electrons. The Hall–Kier alpha value is -2.63. The number of anilines is 2. The number of nitrogens with one attached hydrogen (secondary N) is 1. The number of nitrogens with zero attached hydrogens (tertiary/aromatic N) is 3. The number of aromatic nitrogens is 2. The zero-order valence-electron chi connectivity index (χ0n) is 18.4. The highest BCUT2D eigenvalue weighted by Crippen LogP contribution is 2.29. The van der Waals surface area contributed by atoms with Crippen LogP contribution >= 0.6 is 0 Å². The van der Waals surface area contributed by atoms with Crippen LogP contribution in [0.25, 0.3) is 0 Å². The van der Waals surface area contributed by atoms with Crippen LogP contribution in [0.1, 0.15) is 76.9 Å². The van der Waals surface area contributed by atoms with E-state index in [1.54, 1.807) is 17.0 Å². The molecule has 0 bridgehead atoms. The minimum atomic E-state index is -0.259. The van der Waals surface area contributed by atoms with Gasteiger partial charge in [0.1, 0.15) is 5.82 Å². The van der Waals surface area contributed by atoms with Crippen LogP contribution in [0.4, 0.5) is 11.5 Å². The highest BCUT2D eigenvalue weighted by atomic mass is 16.2. The van der Waals surface area contributed by atoms with Gasteiger partial charge in [-0.3, -0.25) is 9.59 Å². The fraction of sp³-hybridized carbons (Fsp3) is 0.522. The summed E-state index contributed by atoms with van der Waals surface area (Å²) in [5.41, 5.74) is 1.96. The van der Waals surface area contributed by atoms with E-state index in [2.05, 4.69) is 46.9 Å². The van der Waals surface area contributed by atoms with Crippen molar-refractivity contribution in [2.45, 2.75) is 71.8 Å². The van der Waals surface area contributed by atoms with Crippen LogP contribution in [-0.2, 0) is 15.7 Å². The molecule has 0 unspecified atom stereocenters. The molecule has 0 spiro atoms. The van der Waals surface area contributed by atoms with Crippen molar-refractivity contribution >= 4 is 23.3 Å². The summed E-state index contributed by atoms with van der Waals surface area (Å²) in [6.45, 7) is 13.2. The van der Waals surface area contributed by atoms with E-state index >= 15 is 0 Å². The molecule has 0 saturated carbocycles. The smallest absolute Gasteiger partial charge is 0.256 e. The third kappa shape index (κ3) is 4.69. The molecular formula is C23H32N4O2. The summed E-state index contributed by atoms with van der Waals surface area (Å²) in [5, 5.41) is 7.76. The Labute approximate surface area is 173 Å². The lowest BCUT2D eigenvalue weighted by Gasteiger charge is -2.26. The van der Waals surface area contributed by atoms with Crippen LogP contribution in [0.15, 0.2) is 30.3 Å². The summed E-state index contributed by atoms with van der Waals surface area (Å²) in [6, 6.07) is 9.19. The first-order valence-corrected chi connectivity index (χ1v) is 10.3. The number of amides is 2. The third-order valence-electron chi connectivity index (χ3n) is 5.12. The van der Waals surface area contributed by atoms with Gasteiger partial charge in [0.15, 0.2) is 0 Å². The van der Waals surface area contributed by atoms with Gasteiger partial charge in [-0.15, -0.1) is 0 Å². The number of carbonyl (C=O) groups is 2. The maximum Gasteiger partial charge on any atom is 0.256 e. The Bertz CT molecular complexity index is 898. The van der Waals surface area contributed by atoms with Crippen LogP contribution in [-0.4, -0.2) is 28.1 Å². The van der Waals surface area contributed by atoms with Gasteiger partial charge >= 0.3 is 0 Å². The lowest BCUT2D eigenvalue weighted by atomic mass is 9.92. The van der Waals surface area contributed by atoms with Crippen molar-refractivity contribution in [2.24, 2.45) is 0 Å². The first-order valence-electron chi connectivity index (χ1n) is 10.3. The topological polar surface area (TPSA) is 67.2 Å². The van der Waals surface area contributed by atoms with E-state index in [4.69, 9.17) is 5.10 Å². The summed E-state index contributed by atoms with van der Waals surface area (Å²) < 4.78 is 1.87. The SMILES string of the molecule is CC(C)(C)c1cc(NC(=O)c2ccc(N3CCCCC3=O)cc2)n(C(C)(C)C)n1. The first-order chi connectivity index (χ1) is 13.5. The van der Waals surface area contributed by atoms with Crippen LogP contribution in [0.3, 0.4) is 0 Å². The van der Waals surface area contributed by atoms with Gasteiger partial charge in [0.05, 0.1) is 11.2 Å². The van der Waals surface area contributed by atoms with Crippen molar-refractivity contribution in [1.82, 2.24) is 9.78 Å². The molecule has 156 valence electrons. The highest BCUT2D eigenvalue weighted by molar-refractivity contribution is 6.04. The van der Waals surface area contributed by atoms with Crippen molar-refractivity contribution < 1.29 is 9.59 Å². The van der Waals surface area contributed by atoms with E-state index in [1.807, 2.05) is 22.9 Å². The van der Waals surface area contributed by atoms with Crippen LogP contribution in [0.5, 0.6) is 0 Å². The van der Waals surface area contributed by atoms with E-state index in [9.17, 15) is 9.59 Å². The Kier molecular flexibility index (Phi) is 5.57. The van der Waals surface area contributed by atoms with Crippen molar-refractivity contribution in [3.63, 3.8) is 0 Å². The maximum atomic E-state index is 12.9. The fourth-order valence-corrected chi connectivity index (χ4v) is 3.41. The fourth-order valence-electron chi connectivity index (χ4n) is 3.41. The molecule has 1 aliphatic rings. The molecule has 6 nitrogen and oxygen atoms in total. The van der Waals surface area contributed by atoms with Gasteiger partial charge < -0.3 is 10.2 Å². The molecule has 1 aliphatic heterocycles. The van der Waals surface area contributed by atoms with Crippen LogP contribution in [0, 0.1) is 0 Å². The molecule has 2 heterocycles. The average Bonchev–Trinajstić information content (AvgIpc) is 3.07. The Balaban J connectivity index is 1.81. The van der Waals surface area contributed by atoms with Gasteiger partial charge in [-0.25, -0.2) is 4.68 Å². The van der Waals surface area contributed by atoms with E-state index in [0.29, 0.717) is 17.8 Å². The molecular weight excluding hydrogens is 364 g/mol. The molecule has 0 aliphatic carbocycles. The molecule has 1 saturated heterocycles. The number of carbonyl (C=O) groups excluding carboxylic acids is 2. The molecule has 6 heteroatoms. The van der Waals surface area contributed by atoms with Crippen molar-refractivity contribution in [2.75, 3.05) is 16.8 Å². The highest BCUT2D eigenvalue weighted by Gasteiger charge is 2.26. The van der Waals surface area contributed by atoms with Gasteiger partial charge in [-0.2, -0.15) is 5.10 Å². The van der Waals surface area contributed by atoms with E-state index in [-0.39, 0.29) is 22.8 Å². The summed E-state index contributed by atoms with van der Waals surface area (Å²) in [7, 11) is 0. The summed E-state index contributed by atoms with van der Waals surface area (Å²) >= 11 is 0. The molecule has 1 N–H and O–H groups in total. The molecule has 1 aromatic heterocycles. The lowest BCUT2D eigenvalue weighted by Crippen LogP contribution is -2.35. The predicted molar refractivity (Wildman–Crippen MR) is 117 cm³/mol. The van der Waals surface area contributed by atoms with E-state index in [1.165, 1.54) is 0 Å². The second-order valence-corrected chi connectivity index (χ2v) is 9.75. The predicted octanol–water partition coefficient (Wildman–Crippen LogP) is 4.70. The molecule has 3 rings (SSSR count). The minimum Gasteiger partial charge on any atom is -0.312 e. The third-order valence-corrected chi connectivity index (χ3v) is 5.12. The van der Waals surface area contributed by atoms with E-state index < -0.39 is 0 Å². The quantitative estimate of drug-likeness (QED) is 0.817. The van der Waals surface area contributed by atoms with Crippen LogP contribution < -0.4 is 10.2 Å². The summed E-state index contributed by atoms with van der Waals surface area (Å²) in [4.78, 5) is 26.8. The van der Waals surface area contributed by atoms with Gasteiger partial charge in [-0.1, -0.05) is 20.8 Å². The van der Waals surface area contributed by atoms with Crippen molar-refractivity contribution in [3.8, 4) is 0 Å². The zero-order valence-corrected chi connectivity index (χ0v) is 18.4. The standard InChI is InChI=1S/C23H32N4O2/c1-22(2,3)18-15-19(27(25-18)23(4,5)6)24-21(29)16-10-12-17(13-11-16)26-14-8-7-9-20(26)28/h10-13,15H,7-9,14H2,1-6H3,(H,24,29). The number of piperidine rings is 1. The van der Waals surface area contributed by atoms with Gasteiger partial charge in [0.25, 0.3) is 5.91 Å². The largest absolute Gasteiger partial charge is 0.312 e. The lowest BCUT2D eigenvalue weighted by molar-refractivity contribution is -0.119.